The summed E-state index contributed by atoms with van der Waals surface area (Å²) in [6.45, 7) is 2.33. The van der Waals surface area contributed by atoms with Crippen LogP contribution in [-0.2, 0) is 17.8 Å². The second-order valence-electron chi connectivity index (χ2n) is 6.83. The molecule has 2 N–H and O–H groups in total. The van der Waals surface area contributed by atoms with E-state index in [1.165, 1.54) is 12.1 Å². The standard InChI is InChI=1S/C21H20FN7O/c1-14-11-16(22)4-5-17(14)25-21(30)9-8-20-27-26-19-7-6-18(28-29(19)20)24-13-15-3-2-10-23-12-15/h2-7,10-12H,8-9,13H2,1H3,(H,24,28)(H,25,30). The molecule has 4 aromatic rings. The van der Waals surface area contributed by atoms with Crippen molar-refractivity contribution in [3.8, 4) is 0 Å². The fourth-order valence-electron chi connectivity index (χ4n) is 2.98. The largest absolute Gasteiger partial charge is 0.364 e. The minimum atomic E-state index is -0.334. The highest BCUT2D eigenvalue weighted by atomic mass is 19.1. The van der Waals surface area contributed by atoms with Crippen LogP contribution < -0.4 is 10.6 Å². The number of amides is 1. The summed E-state index contributed by atoms with van der Waals surface area (Å²) >= 11 is 0. The van der Waals surface area contributed by atoms with Gasteiger partial charge in [-0.3, -0.25) is 9.78 Å². The number of carbonyl (C=O) groups is 1. The zero-order chi connectivity index (χ0) is 20.9. The molecular weight excluding hydrogens is 385 g/mol. The zero-order valence-corrected chi connectivity index (χ0v) is 16.3. The predicted molar refractivity (Wildman–Crippen MR) is 110 cm³/mol. The van der Waals surface area contributed by atoms with Crippen LogP contribution in [0.25, 0.3) is 5.65 Å². The van der Waals surface area contributed by atoms with Gasteiger partial charge in [0.15, 0.2) is 11.5 Å². The molecule has 0 aliphatic heterocycles. The molecule has 9 heteroatoms. The third kappa shape index (κ3) is 4.57. The second-order valence-corrected chi connectivity index (χ2v) is 6.83. The van der Waals surface area contributed by atoms with Gasteiger partial charge in [-0.25, -0.2) is 4.39 Å². The van der Waals surface area contributed by atoms with E-state index in [4.69, 9.17) is 0 Å². The lowest BCUT2D eigenvalue weighted by molar-refractivity contribution is -0.116. The quantitative estimate of drug-likeness (QED) is 0.490. The Balaban J connectivity index is 1.40. The van der Waals surface area contributed by atoms with Gasteiger partial charge >= 0.3 is 0 Å². The Hall–Kier alpha value is -3.88. The number of pyridine rings is 1. The maximum atomic E-state index is 13.2. The molecule has 8 nitrogen and oxygen atoms in total. The predicted octanol–water partition coefficient (Wildman–Crippen LogP) is 3.15. The molecule has 4 rings (SSSR count). The van der Waals surface area contributed by atoms with Crippen LogP contribution >= 0.6 is 0 Å². The van der Waals surface area contributed by atoms with Crippen LogP contribution in [0.1, 0.15) is 23.4 Å². The second kappa shape index (κ2) is 8.64. The van der Waals surface area contributed by atoms with E-state index in [-0.39, 0.29) is 18.1 Å². The first-order valence-corrected chi connectivity index (χ1v) is 9.48. The Morgan fingerprint density at radius 1 is 1.17 bits per heavy atom. The molecule has 0 aliphatic carbocycles. The van der Waals surface area contributed by atoms with Gasteiger partial charge in [0.05, 0.1) is 0 Å². The molecule has 1 amide bonds. The van der Waals surface area contributed by atoms with Crippen molar-refractivity contribution >= 4 is 23.1 Å². The molecule has 30 heavy (non-hydrogen) atoms. The number of rotatable bonds is 7. The summed E-state index contributed by atoms with van der Waals surface area (Å²) in [5, 5.41) is 18.8. The van der Waals surface area contributed by atoms with Crippen LogP contribution in [0.4, 0.5) is 15.9 Å². The van der Waals surface area contributed by atoms with Crippen LogP contribution in [-0.4, -0.2) is 30.7 Å². The number of halogens is 1. The summed E-state index contributed by atoms with van der Waals surface area (Å²) in [7, 11) is 0. The Bertz CT molecular complexity index is 1180. The number of aryl methyl sites for hydroxylation is 2. The third-order valence-corrected chi connectivity index (χ3v) is 4.56. The van der Waals surface area contributed by atoms with Crippen LogP contribution in [0.3, 0.4) is 0 Å². The minimum absolute atomic E-state index is 0.188. The number of hydrogen-bond donors (Lipinski definition) is 2. The van der Waals surface area contributed by atoms with Crippen LogP contribution in [0, 0.1) is 12.7 Å². The van der Waals surface area contributed by atoms with E-state index in [0.29, 0.717) is 41.5 Å². The molecule has 0 bridgehead atoms. The number of carbonyl (C=O) groups excluding carboxylic acids is 1. The fraction of sp³-hybridized carbons (Fsp3) is 0.190. The van der Waals surface area contributed by atoms with Crippen molar-refractivity contribution < 1.29 is 9.18 Å². The van der Waals surface area contributed by atoms with Crippen molar-refractivity contribution in [1.29, 1.82) is 0 Å². The van der Waals surface area contributed by atoms with E-state index < -0.39 is 0 Å². The van der Waals surface area contributed by atoms with Crippen molar-refractivity contribution in [1.82, 2.24) is 24.8 Å². The number of anilines is 2. The first-order valence-electron chi connectivity index (χ1n) is 9.48. The van der Waals surface area contributed by atoms with E-state index >= 15 is 0 Å². The van der Waals surface area contributed by atoms with Crippen LogP contribution in [0.15, 0.2) is 54.9 Å². The smallest absolute Gasteiger partial charge is 0.224 e. The van der Waals surface area contributed by atoms with E-state index in [2.05, 4.69) is 30.9 Å². The summed E-state index contributed by atoms with van der Waals surface area (Å²) in [5.41, 5.74) is 2.90. The van der Waals surface area contributed by atoms with Gasteiger partial charge in [-0.1, -0.05) is 6.07 Å². The Labute approximate surface area is 172 Å². The molecule has 3 aromatic heterocycles. The molecule has 0 radical (unpaired) electrons. The average molecular weight is 405 g/mol. The number of aromatic nitrogens is 5. The lowest BCUT2D eigenvalue weighted by Gasteiger charge is -2.08. The van der Waals surface area contributed by atoms with E-state index in [1.807, 2.05) is 24.3 Å². The molecule has 3 heterocycles. The Morgan fingerprint density at radius 2 is 2.07 bits per heavy atom. The number of fused-ring (bicyclic) bond motifs is 1. The summed E-state index contributed by atoms with van der Waals surface area (Å²) in [6, 6.07) is 11.8. The number of hydrogen-bond acceptors (Lipinski definition) is 6. The molecule has 0 atom stereocenters. The van der Waals surface area contributed by atoms with Crippen LogP contribution in [0.2, 0.25) is 0 Å². The van der Waals surface area contributed by atoms with Gasteiger partial charge in [-0.05, 0) is 54.4 Å². The van der Waals surface area contributed by atoms with Crippen molar-refractivity contribution in [2.45, 2.75) is 26.3 Å². The van der Waals surface area contributed by atoms with Gasteiger partial charge in [0.1, 0.15) is 11.6 Å². The van der Waals surface area contributed by atoms with Gasteiger partial charge < -0.3 is 10.6 Å². The zero-order valence-electron chi connectivity index (χ0n) is 16.3. The summed E-state index contributed by atoms with van der Waals surface area (Å²) < 4.78 is 14.8. The van der Waals surface area contributed by atoms with Crippen molar-refractivity contribution in [3.63, 3.8) is 0 Å². The average Bonchev–Trinajstić information content (AvgIpc) is 3.16. The molecule has 0 saturated carbocycles. The number of benzene rings is 1. The lowest BCUT2D eigenvalue weighted by Crippen LogP contribution is -2.14. The van der Waals surface area contributed by atoms with E-state index in [0.717, 1.165) is 5.56 Å². The van der Waals surface area contributed by atoms with Gasteiger partial charge in [-0.15, -0.1) is 15.3 Å². The first-order chi connectivity index (χ1) is 14.6. The van der Waals surface area contributed by atoms with Gasteiger partial charge in [-0.2, -0.15) is 4.52 Å². The third-order valence-electron chi connectivity index (χ3n) is 4.56. The molecule has 0 aliphatic rings. The summed E-state index contributed by atoms with van der Waals surface area (Å²) in [6.07, 6.45) is 4.08. The lowest BCUT2D eigenvalue weighted by atomic mass is 10.2. The fourth-order valence-corrected chi connectivity index (χ4v) is 2.98. The van der Waals surface area contributed by atoms with Crippen LogP contribution in [0.5, 0.6) is 0 Å². The molecule has 0 saturated heterocycles. The maximum absolute atomic E-state index is 13.2. The van der Waals surface area contributed by atoms with E-state index in [9.17, 15) is 9.18 Å². The summed E-state index contributed by atoms with van der Waals surface area (Å²) in [5.74, 6) is 0.728. The maximum Gasteiger partial charge on any atom is 0.224 e. The molecule has 152 valence electrons. The number of nitrogens with zero attached hydrogens (tertiary/aromatic N) is 5. The first kappa shape index (κ1) is 19.4. The molecule has 0 fully saturated rings. The molecule has 1 aromatic carbocycles. The Morgan fingerprint density at radius 3 is 2.87 bits per heavy atom. The van der Waals surface area contributed by atoms with Crippen molar-refractivity contribution in [2.24, 2.45) is 0 Å². The minimum Gasteiger partial charge on any atom is -0.364 e. The summed E-state index contributed by atoms with van der Waals surface area (Å²) in [4.78, 5) is 16.4. The SMILES string of the molecule is Cc1cc(F)ccc1NC(=O)CCc1nnc2ccc(NCc3cccnc3)nn12. The molecule has 0 unspecified atom stereocenters. The number of nitrogens with one attached hydrogen (secondary N) is 2. The molecule has 0 spiro atoms. The normalized spacial score (nSPS) is 10.9. The Kier molecular flexibility index (Phi) is 5.60. The van der Waals surface area contributed by atoms with Gasteiger partial charge in [0.2, 0.25) is 5.91 Å². The van der Waals surface area contributed by atoms with Crippen molar-refractivity contribution in [3.05, 3.63) is 77.6 Å². The molecular formula is C21H20FN7O. The topological polar surface area (TPSA) is 97.1 Å². The highest BCUT2D eigenvalue weighted by Gasteiger charge is 2.11. The highest BCUT2D eigenvalue weighted by molar-refractivity contribution is 5.91. The highest BCUT2D eigenvalue weighted by Crippen LogP contribution is 2.16. The van der Waals surface area contributed by atoms with Gasteiger partial charge in [0, 0.05) is 37.5 Å². The van der Waals surface area contributed by atoms with Gasteiger partial charge in [0.25, 0.3) is 0 Å². The van der Waals surface area contributed by atoms with Crippen molar-refractivity contribution in [2.75, 3.05) is 10.6 Å². The van der Waals surface area contributed by atoms with E-state index in [1.54, 1.807) is 29.9 Å². The monoisotopic (exact) mass is 405 g/mol.